The first kappa shape index (κ1) is 16.6. The molecule has 1 aromatic rings. The van der Waals surface area contributed by atoms with Gasteiger partial charge < -0.3 is 5.32 Å². The number of hydrogen-bond donors (Lipinski definition) is 1. The smallest absolute Gasteiger partial charge is 0.226 e. The summed E-state index contributed by atoms with van der Waals surface area (Å²) >= 11 is 4.00. The largest absolute Gasteiger partial charge is 0.356 e. The monoisotopic (exact) mass is 389 g/mol. The highest BCUT2D eigenvalue weighted by atomic mass is 79.9. The Morgan fingerprint density at radius 1 is 1.21 bits per heavy atom. The van der Waals surface area contributed by atoms with Crippen molar-refractivity contribution in [2.24, 2.45) is 17.3 Å². The zero-order valence-corrected chi connectivity index (χ0v) is 16.1. The average Bonchev–Trinajstić information content (AvgIpc) is 2.53. The zero-order chi connectivity index (χ0) is 16.8. The highest BCUT2D eigenvalue weighted by Crippen LogP contribution is 2.64. The van der Waals surface area contributed by atoms with Crippen LogP contribution < -0.4 is 5.32 Å². The van der Waals surface area contributed by atoms with Gasteiger partial charge in [0.2, 0.25) is 5.91 Å². The van der Waals surface area contributed by atoms with Crippen LogP contribution in [0.5, 0.6) is 0 Å². The molecule has 1 N–H and O–H groups in total. The third-order valence-corrected chi connectivity index (χ3v) is 7.63. The van der Waals surface area contributed by atoms with Crippen molar-refractivity contribution in [1.29, 1.82) is 0 Å². The Hall–Kier alpha value is -0.830. The molecular weight excluding hydrogens is 362 g/mol. The molecule has 4 saturated carbocycles. The van der Waals surface area contributed by atoms with Crippen molar-refractivity contribution in [2.75, 3.05) is 6.54 Å². The summed E-state index contributed by atoms with van der Waals surface area (Å²) in [6.45, 7) is 3.04. The van der Waals surface area contributed by atoms with Gasteiger partial charge in [0.25, 0.3) is 0 Å². The second-order valence-electron chi connectivity index (χ2n) is 8.75. The summed E-state index contributed by atoms with van der Waals surface area (Å²) in [5, 5.41) is 3.30. The molecule has 1 amide bonds. The van der Waals surface area contributed by atoms with E-state index in [0.29, 0.717) is 11.8 Å². The van der Waals surface area contributed by atoms with E-state index in [9.17, 15) is 4.79 Å². The Labute approximate surface area is 153 Å². The van der Waals surface area contributed by atoms with Crippen LogP contribution in [0.3, 0.4) is 0 Å². The van der Waals surface area contributed by atoms with Crippen molar-refractivity contribution in [1.82, 2.24) is 5.32 Å². The quantitative estimate of drug-likeness (QED) is 0.702. The lowest BCUT2D eigenvalue weighted by atomic mass is 9.49. The van der Waals surface area contributed by atoms with Crippen molar-refractivity contribution in [2.45, 2.75) is 62.1 Å². The fourth-order valence-electron chi connectivity index (χ4n) is 5.95. The topological polar surface area (TPSA) is 29.1 Å². The van der Waals surface area contributed by atoms with Gasteiger partial charge in [0, 0.05) is 10.9 Å². The molecule has 0 spiro atoms. The highest BCUT2D eigenvalue weighted by Gasteiger charge is 2.59. The molecule has 3 unspecified atom stereocenters. The highest BCUT2D eigenvalue weighted by molar-refractivity contribution is 9.10. The van der Waals surface area contributed by atoms with E-state index in [-0.39, 0.29) is 9.74 Å². The Morgan fingerprint density at radius 3 is 2.50 bits per heavy atom. The molecule has 0 radical (unpaired) electrons. The first-order valence-electron chi connectivity index (χ1n) is 9.50. The van der Waals surface area contributed by atoms with Crippen LogP contribution >= 0.6 is 15.9 Å². The van der Waals surface area contributed by atoms with Crippen LogP contribution in [0.25, 0.3) is 0 Å². The zero-order valence-electron chi connectivity index (χ0n) is 14.6. The molecule has 2 nitrogen and oxygen atoms in total. The van der Waals surface area contributed by atoms with Gasteiger partial charge in [-0.2, -0.15) is 0 Å². The van der Waals surface area contributed by atoms with Gasteiger partial charge in [0.1, 0.15) is 0 Å². The lowest BCUT2D eigenvalue weighted by Crippen LogP contribution is -2.58. The summed E-state index contributed by atoms with van der Waals surface area (Å²) in [7, 11) is 0. The van der Waals surface area contributed by atoms with Gasteiger partial charge in [-0.1, -0.05) is 53.2 Å². The van der Waals surface area contributed by atoms with Crippen LogP contribution in [0.2, 0.25) is 0 Å². The third kappa shape index (κ3) is 3.05. The first-order chi connectivity index (χ1) is 11.5. The van der Waals surface area contributed by atoms with Crippen molar-refractivity contribution in [3.8, 4) is 0 Å². The van der Waals surface area contributed by atoms with Crippen molar-refractivity contribution >= 4 is 21.8 Å². The number of halogens is 1. The van der Waals surface area contributed by atoms with E-state index in [0.717, 1.165) is 44.1 Å². The van der Waals surface area contributed by atoms with Crippen LogP contribution in [0.1, 0.15) is 63.4 Å². The van der Waals surface area contributed by atoms with Gasteiger partial charge in [0.05, 0.1) is 5.41 Å². The molecule has 24 heavy (non-hydrogen) atoms. The van der Waals surface area contributed by atoms with Gasteiger partial charge in [-0.05, 0) is 68.3 Å². The molecule has 0 aromatic heterocycles. The van der Waals surface area contributed by atoms with E-state index in [1.165, 1.54) is 24.8 Å². The Morgan fingerprint density at radius 2 is 1.88 bits per heavy atom. The van der Waals surface area contributed by atoms with E-state index in [4.69, 9.17) is 0 Å². The van der Waals surface area contributed by atoms with Gasteiger partial charge in [-0.3, -0.25) is 4.79 Å². The van der Waals surface area contributed by atoms with E-state index in [1.54, 1.807) is 0 Å². The number of nitrogens with one attached hydrogen (secondary N) is 1. The second kappa shape index (κ2) is 6.16. The maximum atomic E-state index is 13.0. The molecule has 5 rings (SSSR count). The van der Waals surface area contributed by atoms with Crippen LogP contribution in [0, 0.1) is 17.3 Å². The minimum atomic E-state index is -0.0798. The van der Waals surface area contributed by atoms with Crippen molar-refractivity contribution in [3.05, 3.63) is 35.9 Å². The predicted octanol–water partition coefficient (Wildman–Crippen LogP) is 5.03. The SMILES string of the molecule is CC(CCNC(=O)C12CC3CC(CC(Br)(C3)C1)C2)c1ccccc1. The van der Waals surface area contributed by atoms with Gasteiger partial charge in [-0.15, -0.1) is 0 Å². The maximum Gasteiger partial charge on any atom is 0.226 e. The van der Waals surface area contributed by atoms with Crippen molar-refractivity contribution in [3.63, 3.8) is 0 Å². The number of benzene rings is 1. The second-order valence-corrected chi connectivity index (χ2v) is 10.4. The Kier molecular flexibility index (Phi) is 4.27. The Balaban J connectivity index is 1.35. The van der Waals surface area contributed by atoms with E-state index >= 15 is 0 Å². The normalized spacial score (nSPS) is 38.1. The minimum absolute atomic E-state index is 0.0798. The molecule has 4 fully saturated rings. The fraction of sp³-hybridized carbons (Fsp3) is 0.667. The summed E-state index contributed by atoms with van der Waals surface area (Å²) in [4.78, 5) is 13.0. The summed E-state index contributed by atoms with van der Waals surface area (Å²) in [6.07, 6.45) is 8.22. The number of alkyl halides is 1. The molecular formula is C21H28BrNO. The first-order valence-corrected chi connectivity index (χ1v) is 10.3. The molecule has 3 heteroatoms. The van der Waals surface area contributed by atoms with Gasteiger partial charge in [0.15, 0.2) is 0 Å². The average molecular weight is 390 g/mol. The Bertz CT molecular complexity index is 600. The van der Waals surface area contributed by atoms with E-state index in [2.05, 4.69) is 58.5 Å². The van der Waals surface area contributed by atoms with E-state index in [1.807, 2.05) is 0 Å². The standard InChI is InChI=1S/C21H28BrNO/c1-15(18-5-3-2-4-6-18)7-8-23-19(24)20-10-16-9-17(11-20)13-21(22,12-16)14-20/h2-6,15-17H,7-14H2,1H3,(H,23,24). The molecule has 0 heterocycles. The van der Waals surface area contributed by atoms with Crippen LogP contribution in [-0.2, 0) is 4.79 Å². The number of hydrogen-bond acceptors (Lipinski definition) is 1. The summed E-state index contributed by atoms with van der Waals surface area (Å²) in [5.41, 5.74) is 1.28. The van der Waals surface area contributed by atoms with Crippen LogP contribution in [-0.4, -0.2) is 16.8 Å². The van der Waals surface area contributed by atoms with Crippen molar-refractivity contribution < 1.29 is 4.79 Å². The molecule has 4 bridgehead atoms. The molecule has 130 valence electrons. The summed E-state index contributed by atoms with van der Waals surface area (Å²) in [6, 6.07) is 10.6. The third-order valence-electron chi connectivity index (χ3n) is 6.70. The number of carbonyl (C=O) groups excluding carboxylic acids is 1. The molecule has 1 aromatic carbocycles. The molecule has 4 aliphatic rings. The molecule has 4 aliphatic carbocycles. The maximum absolute atomic E-state index is 13.0. The van der Waals surface area contributed by atoms with Crippen LogP contribution in [0.15, 0.2) is 30.3 Å². The van der Waals surface area contributed by atoms with Gasteiger partial charge >= 0.3 is 0 Å². The van der Waals surface area contributed by atoms with E-state index < -0.39 is 0 Å². The molecule has 0 aliphatic heterocycles. The van der Waals surface area contributed by atoms with Gasteiger partial charge in [-0.25, -0.2) is 0 Å². The predicted molar refractivity (Wildman–Crippen MR) is 101 cm³/mol. The lowest BCUT2D eigenvalue weighted by Gasteiger charge is -2.59. The lowest BCUT2D eigenvalue weighted by molar-refractivity contribution is -0.144. The molecule has 3 atom stereocenters. The fourth-order valence-corrected chi connectivity index (χ4v) is 7.41. The molecule has 0 saturated heterocycles. The number of amides is 1. The minimum Gasteiger partial charge on any atom is -0.356 e. The number of rotatable bonds is 5. The number of carbonyl (C=O) groups is 1. The van der Waals surface area contributed by atoms with Crippen LogP contribution in [0.4, 0.5) is 0 Å². The summed E-state index contributed by atoms with van der Waals surface area (Å²) < 4.78 is 0.256. The summed E-state index contributed by atoms with van der Waals surface area (Å²) in [5.74, 6) is 2.35.